The lowest BCUT2D eigenvalue weighted by atomic mass is 10.0. The zero-order valence-electron chi connectivity index (χ0n) is 24.7. The lowest BCUT2D eigenvalue weighted by Crippen LogP contribution is -2.53. The maximum absolute atomic E-state index is 14.4. The maximum Gasteiger partial charge on any atom is 0.264 e. The van der Waals surface area contributed by atoms with Crippen LogP contribution in [-0.4, -0.2) is 50.9 Å². The van der Waals surface area contributed by atoms with E-state index in [0.29, 0.717) is 24.6 Å². The Hall–Kier alpha value is -4.15. The van der Waals surface area contributed by atoms with Crippen molar-refractivity contribution in [1.29, 1.82) is 0 Å². The number of amides is 2. The van der Waals surface area contributed by atoms with Gasteiger partial charge in [-0.2, -0.15) is 0 Å². The third kappa shape index (κ3) is 8.48. The lowest BCUT2D eigenvalue weighted by molar-refractivity contribution is -0.140. The number of nitrogens with zero attached hydrogens (tertiary/aromatic N) is 2. The Bertz CT molecular complexity index is 1620. The highest BCUT2D eigenvalue weighted by molar-refractivity contribution is 9.10. The van der Waals surface area contributed by atoms with Crippen LogP contribution in [0, 0.1) is 0 Å². The number of halogens is 1. The molecule has 1 atom stereocenters. The summed E-state index contributed by atoms with van der Waals surface area (Å²) in [6.45, 7) is 4.09. The van der Waals surface area contributed by atoms with Gasteiger partial charge in [0, 0.05) is 24.0 Å². The smallest absolute Gasteiger partial charge is 0.264 e. The summed E-state index contributed by atoms with van der Waals surface area (Å²) in [6.07, 6.45) is 0.253. The minimum Gasteiger partial charge on any atom is -0.494 e. The fourth-order valence-electron chi connectivity index (χ4n) is 4.76. The number of carbonyl (C=O) groups is 2. The molecule has 0 aliphatic rings. The van der Waals surface area contributed by atoms with Crippen molar-refractivity contribution >= 4 is 43.5 Å². The minimum atomic E-state index is -4.16. The molecule has 0 fully saturated rings. The molecule has 0 spiro atoms. The summed E-state index contributed by atoms with van der Waals surface area (Å²) in [5.74, 6) is -0.260. The van der Waals surface area contributed by atoms with Crippen molar-refractivity contribution in [2.75, 3.05) is 24.0 Å². The van der Waals surface area contributed by atoms with Gasteiger partial charge in [0.25, 0.3) is 10.0 Å². The lowest BCUT2D eigenvalue weighted by Gasteiger charge is -2.34. The number of nitrogens with one attached hydrogen (secondary N) is 1. The number of rotatable bonds is 14. The normalized spacial score (nSPS) is 11.8. The Morgan fingerprint density at radius 1 is 0.818 bits per heavy atom. The Labute approximate surface area is 267 Å². The molecular formula is C34H36BrN3O5S. The Balaban J connectivity index is 1.78. The van der Waals surface area contributed by atoms with Crippen LogP contribution in [0.5, 0.6) is 5.75 Å². The van der Waals surface area contributed by atoms with Crippen LogP contribution < -0.4 is 14.4 Å². The minimum absolute atomic E-state index is 0.0469. The first-order valence-electron chi connectivity index (χ1n) is 14.4. The first kappa shape index (κ1) is 32.8. The number of carbonyl (C=O) groups excluding carboxylic acids is 2. The summed E-state index contributed by atoms with van der Waals surface area (Å²) in [6, 6.07) is 30.6. The molecule has 230 valence electrons. The van der Waals surface area contributed by atoms with Crippen molar-refractivity contribution in [2.24, 2.45) is 0 Å². The molecule has 8 nitrogen and oxygen atoms in total. The van der Waals surface area contributed by atoms with Crippen LogP contribution in [0.4, 0.5) is 5.69 Å². The summed E-state index contributed by atoms with van der Waals surface area (Å²) in [4.78, 5) is 29.5. The standard InChI is InChI=1S/C34H36BrN3O5S/c1-3-36-34(40)32(23-26-11-7-5-8-12-26)37(24-27-15-17-28(35)18-16-27)33(39)25-38(29-19-21-30(22-20-29)43-4-2)44(41,42)31-13-9-6-10-14-31/h5-22,32H,3-4,23-25H2,1-2H3,(H,36,40)/t32-/m1/s1. The summed E-state index contributed by atoms with van der Waals surface area (Å²) in [7, 11) is -4.16. The van der Waals surface area contributed by atoms with Crippen LogP contribution in [0.1, 0.15) is 25.0 Å². The average molecular weight is 679 g/mol. The zero-order chi connectivity index (χ0) is 31.5. The van der Waals surface area contributed by atoms with Crippen molar-refractivity contribution in [3.8, 4) is 5.75 Å². The molecule has 4 aromatic carbocycles. The zero-order valence-corrected chi connectivity index (χ0v) is 27.1. The molecule has 4 aromatic rings. The van der Waals surface area contributed by atoms with E-state index in [2.05, 4.69) is 21.2 Å². The second-order valence-electron chi connectivity index (χ2n) is 10.00. The van der Waals surface area contributed by atoms with Gasteiger partial charge in [-0.25, -0.2) is 8.42 Å². The molecule has 0 bridgehead atoms. The van der Waals surface area contributed by atoms with Gasteiger partial charge in [-0.3, -0.25) is 13.9 Å². The first-order valence-corrected chi connectivity index (χ1v) is 16.6. The van der Waals surface area contributed by atoms with Crippen LogP contribution in [0.2, 0.25) is 0 Å². The third-order valence-electron chi connectivity index (χ3n) is 6.93. The van der Waals surface area contributed by atoms with E-state index < -0.39 is 28.5 Å². The van der Waals surface area contributed by atoms with Gasteiger partial charge in [0.1, 0.15) is 18.3 Å². The van der Waals surface area contributed by atoms with E-state index in [9.17, 15) is 18.0 Å². The number of hydrogen-bond donors (Lipinski definition) is 1. The molecule has 2 amide bonds. The Morgan fingerprint density at radius 3 is 2.02 bits per heavy atom. The molecule has 0 aromatic heterocycles. The van der Waals surface area contributed by atoms with E-state index in [4.69, 9.17) is 4.74 Å². The van der Waals surface area contributed by atoms with Gasteiger partial charge in [-0.15, -0.1) is 0 Å². The fourth-order valence-corrected chi connectivity index (χ4v) is 6.46. The first-order chi connectivity index (χ1) is 21.2. The van der Waals surface area contributed by atoms with Crippen LogP contribution in [-0.2, 0) is 32.6 Å². The fraction of sp³-hybridized carbons (Fsp3) is 0.235. The Kier molecular flexibility index (Phi) is 11.6. The predicted molar refractivity (Wildman–Crippen MR) is 176 cm³/mol. The molecule has 10 heteroatoms. The molecule has 0 saturated heterocycles. The number of benzene rings is 4. The molecule has 0 aliphatic carbocycles. The van der Waals surface area contributed by atoms with E-state index in [1.54, 1.807) is 42.5 Å². The van der Waals surface area contributed by atoms with Crippen molar-refractivity contribution in [2.45, 2.75) is 37.8 Å². The number of hydrogen-bond acceptors (Lipinski definition) is 5. The van der Waals surface area contributed by atoms with Crippen molar-refractivity contribution in [3.63, 3.8) is 0 Å². The van der Waals surface area contributed by atoms with E-state index >= 15 is 0 Å². The predicted octanol–water partition coefficient (Wildman–Crippen LogP) is 5.82. The van der Waals surface area contributed by atoms with Gasteiger partial charge in [0.05, 0.1) is 17.2 Å². The number of likely N-dealkylation sites (N-methyl/N-ethyl adjacent to an activating group) is 1. The van der Waals surface area contributed by atoms with E-state index in [-0.39, 0.29) is 23.8 Å². The van der Waals surface area contributed by atoms with Crippen molar-refractivity contribution < 1.29 is 22.7 Å². The molecule has 0 saturated carbocycles. The van der Waals surface area contributed by atoms with Gasteiger partial charge in [-0.1, -0.05) is 76.6 Å². The summed E-state index contributed by atoms with van der Waals surface area (Å²) >= 11 is 3.45. The van der Waals surface area contributed by atoms with Gasteiger partial charge < -0.3 is 15.0 Å². The summed E-state index contributed by atoms with van der Waals surface area (Å²) in [5, 5.41) is 2.87. The SMILES string of the molecule is CCNC(=O)[C@@H](Cc1ccccc1)N(Cc1ccc(Br)cc1)C(=O)CN(c1ccc(OCC)cc1)S(=O)(=O)c1ccccc1. The number of anilines is 1. The topological polar surface area (TPSA) is 96.0 Å². The summed E-state index contributed by atoms with van der Waals surface area (Å²) < 4.78 is 35.6. The van der Waals surface area contributed by atoms with Gasteiger partial charge in [0.15, 0.2) is 0 Å². The average Bonchev–Trinajstić information content (AvgIpc) is 3.04. The monoisotopic (exact) mass is 677 g/mol. The second-order valence-corrected chi connectivity index (χ2v) is 12.8. The largest absolute Gasteiger partial charge is 0.494 e. The quantitative estimate of drug-likeness (QED) is 0.182. The van der Waals surface area contributed by atoms with Gasteiger partial charge in [-0.05, 0) is 73.5 Å². The highest BCUT2D eigenvalue weighted by atomic mass is 79.9. The summed E-state index contributed by atoms with van der Waals surface area (Å²) in [5.41, 5.74) is 1.96. The molecule has 1 N–H and O–H groups in total. The molecule has 4 rings (SSSR count). The Morgan fingerprint density at radius 2 is 1.43 bits per heavy atom. The molecular weight excluding hydrogens is 642 g/mol. The van der Waals surface area contributed by atoms with E-state index in [1.165, 1.54) is 17.0 Å². The van der Waals surface area contributed by atoms with Gasteiger partial charge >= 0.3 is 0 Å². The molecule has 0 unspecified atom stereocenters. The second kappa shape index (κ2) is 15.5. The number of ether oxygens (including phenoxy) is 1. The van der Waals surface area contributed by atoms with Crippen LogP contribution in [0.3, 0.4) is 0 Å². The van der Waals surface area contributed by atoms with Crippen LogP contribution in [0.25, 0.3) is 0 Å². The van der Waals surface area contributed by atoms with E-state index in [0.717, 1.165) is 19.9 Å². The molecule has 44 heavy (non-hydrogen) atoms. The third-order valence-corrected chi connectivity index (χ3v) is 9.25. The van der Waals surface area contributed by atoms with E-state index in [1.807, 2.05) is 68.4 Å². The molecule has 0 radical (unpaired) electrons. The highest BCUT2D eigenvalue weighted by Crippen LogP contribution is 2.27. The van der Waals surface area contributed by atoms with Gasteiger partial charge in [0.2, 0.25) is 11.8 Å². The van der Waals surface area contributed by atoms with Crippen LogP contribution in [0.15, 0.2) is 119 Å². The molecule has 0 heterocycles. The van der Waals surface area contributed by atoms with Crippen molar-refractivity contribution in [3.05, 3.63) is 125 Å². The van der Waals surface area contributed by atoms with Crippen molar-refractivity contribution in [1.82, 2.24) is 10.2 Å². The number of sulfonamides is 1. The molecule has 0 aliphatic heterocycles. The van der Waals surface area contributed by atoms with Crippen LogP contribution >= 0.6 is 15.9 Å². The highest BCUT2D eigenvalue weighted by Gasteiger charge is 2.34. The maximum atomic E-state index is 14.4.